The van der Waals surface area contributed by atoms with Crippen molar-refractivity contribution in [1.29, 1.82) is 0 Å². The summed E-state index contributed by atoms with van der Waals surface area (Å²) in [5.41, 5.74) is 2.94. The first-order chi connectivity index (χ1) is 13.9. The van der Waals surface area contributed by atoms with E-state index in [4.69, 9.17) is 0 Å². The van der Waals surface area contributed by atoms with Crippen LogP contribution in [0, 0.1) is 17.8 Å². The first-order valence-electron chi connectivity index (χ1n) is 10.5. The molecule has 0 saturated heterocycles. The zero-order chi connectivity index (χ0) is 21.2. The van der Waals surface area contributed by atoms with Crippen molar-refractivity contribution in [2.24, 2.45) is 17.8 Å². The van der Waals surface area contributed by atoms with E-state index in [1.165, 1.54) is 18.4 Å². The normalized spacial score (nSPS) is 14.1. The predicted octanol–water partition coefficient (Wildman–Crippen LogP) is 5.24. The van der Waals surface area contributed by atoms with Crippen LogP contribution in [0.2, 0.25) is 0 Å². The molecule has 2 unspecified atom stereocenters. The Morgan fingerprint density at radius 1 is 0.793 bits per heavy atom. The van der Waals surface area contributed by atoms with Gasteiger partial charge in [-0.05, 0) is 48.3 Å². The maximum absolute atomic E-state index is 11.9. The lowest BCUT2D eigenvalue weighted by Gasteiger charge is -2.21. The summed E-state index contributed by atoms with van der Waals surface area (Å²) in [6.45, 7) is 4.48. The molecule has 4 nitrogen and oxygen atoms in total. The van der Waals surface area contributed by atoms with Gasteiger partial charge in [0, 0.05) is 0 Å². The lowest BCUT2D eigenvalue weighted by atomic mass is 9.82. The summed E-state index contributed by atoms with van der Waals surface area (Å²) in [6, 6.07) is 17.2. The Kier molecular flexibility index (Phi) is 8.91. The van der Waals surface area contributed by atoms with Crippen molar-refractivity contribution in [3.8, 4) is 0 Å². The molecule has 2 rings (SSSR count). The second-order valence-corrected chi connectivity index (χ2v) is 8.01. The third-order valence-electron chi connectivity index (χ3n) is 5.76. The van der Waals surface area contributed by atoms with E-state index in [0.717, 1.165) is 29.9 Å². The van der Waals surface area contributed by atoms with Gasteiger partial charge in [0.05, 0.1) is 11.8 Å². The van der Waals surface area contributed by atoms with Crippen molar-refractivity contribution in [2.75, 3.05) is 0 Å². The molecule has 0 bridgehead atoms. The van der Waals surface area contributed by atoms with E-state index in [0.29, 0.717) is 0 Å². The Labute approximate surface area is 173 Å². The molecule has 29 heavy (non-hydrogen) atoms. The molecule has 2 aromatic rings. The molecular weight excluding hydrogens is 364 g/mol. The predicted molar refractivity (Wildman–Crippen MR) is 115 cm³/mol. The van der Waals surface area contributed by atoms with Crippen LogP contribution >= 0.6 is 0 Å². The monoisotopic (exact) mass is 396 g/mol. The SMILES string of the molecule is CCC(C)CCCc1ccc(C[C@H](C(=O)O)C(Cc2ccccc2)C(=O)O)cc1. The zero-order valence-corrected chi connectivity index (χ0v) is 17.4. The van der Waals surface area contributed by atoms with Gasteiger partial charge in [0.15, 0.2) is 0 Å². The van der Waals surface area contributed by atoms with Crippen LogP contribution in [0.5, 0.6) is 0 Å². The van der Waals surface area contributed by atoms with Gasteiger partial charge in [-0.3, -0.25) is 9.59 Å². The van der Waals surface area contributed by atoms with Crippen LogP contribution in [0.3, 0.4) is 0 Å². The first-order valence-corrected chi connectivity index (χ1v) is 10.5. The van der Waals surface area contributed by atoms with Crippen LogP contribution in [0.1, 0.15) is 49.8 Å². The van der Waals surface area contributed by atoms with Crippen molar-refractivity contribution in [3.05, 3.63) is 71.3 Å². The van der Waals surface area contributed by atoms with Crippen LogP contribution in [-0.2, 0) is 28.9 Å². The van der Waals surface area contributed by atoms with E-state index in [1.54, 1.807) is 0 Å². The number of carbonyl (C=O) groups is 2. The van der Waals surface area contributed by atoms with Gasteiger partial charge in [-0.1, -0.05) is 81.3 Å². The maximum Gasteiger partial charge on any atom is 0.307 e. The fourth-order valence-corrected chi connectivity index (χ4v) is 3.63. The summed E-state index contributed by atoms with van der Waals surface area (Å²) in [6.07, 6.45) is 4.98. The Bertz CT molecular complexity index is 767. The van der Waals surface area contributed by atoms with Crippen molar-refractivity contribution in [2.45, 2.75) is 52.4 Å². The number of rotatable bonds is 12. The highest BCUT2D eigenvalue weighted by atomic mass is 16.4. The minimum Gasteiger partial charge on any atom is -0.481 e. The van der Waals surface area contributed by atoms with Gasteiger partial charge in [-0.15, -0.1) is 0 Å². The third-order valence-corrected chi connectivity index (χ3v) is 5.76. The lowest BCUT2D eigenvalue weighted by Crippen LogP contribution is -2.33. The maximum atomic E-state index is 11.9. The average Bonchev–Trinajstić information content (AvgIpc) is 2.72. The highest BCUT2D eigenvalue weighted by Crippen LogP contribution is 2.24. The Hall–Kier alpha value is -2.62. The van der Waals surface area contributed by atoms with Gasteiger partial charge in [0.2, 0.25) is 0 Å². The molecule has 0 amide bonds. The Morgan fingerprint density at radius 2 is 1.28 bits per heavy atom. The molecule has 3 atom stereocenters. The van der Waals surface area contributed by atoms with Crippen LogP contribution in [0.4, 0.5) is 0 Å². The standard InChI is InChI=1S/C25H32O4/c1-3-18(2)8-7-11-19-12-14-21(15-13-19)17-23(25(28)29)22(24(26)27)16-20-9-5-4-6-10-20/h4-6,9-10,12-15,18,22-23H,3,7-8,11,16-17H2,1-2H3,(H,26,27)(H,28,29)/t18?,22?,23-/m0/s1. The van der Waals surface area contributed by atoms with E-state index in [9.17, 15) is 19.8 Å². The summed E-state index contributed by atoms with van der Waals surface area (Å²) in [7, 11) is 0. The van der Waals surface area contributed by atoms with Gasteiger partial charge in [-0.2, -0.15) is 0 Å². The molecule has 156 valence electrons. The number of benzene rings is 2. The summed E-state index contributed by atoms with van der Waals surface area (Å²) in [4.78, 5) is 23.7. The topological polar surface area (TPSA) is 74.6 Å². The second kappa shape index (κ2) is 11.4. The van der Waals surface area contributed by atoms with Gasteiger partial charge in [0.1, 0.15) is 0 Å². The number of hydrogen-bond acceptors (Lipinski definition) is 2. The van der Waals surface area contributed by atoms with Crippen LogP contribution < -0.4 is 0 Å². The van der Waals surface area contributed by atoms with Gasteiger partial charge < -0.3 is 10.2 Å². The quantitative estimate of drug-likeness (QED) is 0.514. The van der Waals surface area contributed by atoms with Gasteiger partial charge in [0.25, 0.3) is 0 Å². The van der Waals surface area contributed by atoms with Crippen molar-refractivity contribution in [3.63, 3.8) is 0 Å². The molecule has 0 aliphatic rings. The van der Waals surface area contributed by atoms with Crippen molar-refractivity contribution in [1.82, 2.24) is 0 Å². The van der Waals surface area contributed by atoms with E-state index < -0.39 is 23.8 Å². The molecular formula is C25H32O4. The second-order valence-electron chi connectivity index (χ2n) is 8.01. The molecule has 0 aromatic heterocycles. The smallest absolute Gasteiger partial charge is 0.307 e. The summed E-state index contributed by atoms with van der Waals surface area (Å²) in [5, 5.41) is 19.4. The highest BCUT2D eigenvalue weighted by molar-refractivity contribution is 5.80. The summed E-state index contributed by atoms with van der Waals surface area (Å²) in [5.74, 6) is -3.33. The Balaban J connectivity index is 2.04. The molecule has 0 aliphatic carbocycles. The molecule has 0 radical (unpaired) electrons. The fourth-order valence-electron chi connectivity index (χ4n) is 3.63. The number of carboxylic acid groups (broad SMARTS) is 2. The van der Waals surface area contributed by atoms with E-state index in [-0.39, 0.29) is 12.8 Å². The minimum absolute atomic E-state index is 0.209. The fraction of sp³-hybridized carbons (Fsp3) is 0.440. The van der Waals surface area contributed by atoms with Gasteiger partial charge >= 0.3 is 11.9 Å². The van der Waals surface area contributed by atoms with E-state index >= 15 is 0 Å². The van der Waals surface area contributed by atoms with Crippen LogP contribution in [-0.4, -0.2) is 22.2 Å². The molecule has 0 heterocycles. The first kappa shape index (κ1) is 22.7. The lowest BCUT2D eigenvalue weighted by molar-refractivity contribution is -0.153. The number of hydrogen-bond donors (Lipinski definition) is 2. The number of carboxylic acids is 2. The molecule has 2 N–H and O–H groups in total. The van der Waals surface area contributed by atoms with Gasteiger partial charge in [-0.25, -0.2) is 0 Å². The van der Waals surface area contributed by atoms with Crippen molar-refractivity contribution >= 4 is 11.9 Å². The zero-order valence-electron chi connectivity index (χ0n) is 17.4. The Morgan fingerprint density at radius 3 is 1.76 bits per heavy atom. The van der Waals surface area contributed by atoms with Crippen molar-refractivity contribution < 1.29 is 19.8 Å². The molecule has 0 spiro atoms. The number of aliphatic carboxylic acids is 2. The highest BCUT2D eigenvalue weighted by Gasteiger charge is 2.33. The molecule has 2 aromatic carbocycles. The molecule has 4 heteroatoms. The number of aryl methyl sites for hydroxylation is 1. The van der Waals surface area contributed by atoms with Crippen LogP contribution in [0.15, 0.2) is 54.6 Å². The third kappa shape index (κ3) is 7.37. The molecule has 0 fully saturated rings. The molecule has 0 saturated carbocycles. The van der Waals surface area contributed by atoms with Crippen LogP contribution in [0.25, 0.3) is 0 Å². The minimum atomic E-state index is -1.07. The molecule has 0 aliphatic heterocycles. The average molecular weight is 397 g/mol. The van der Waals surface area contributed by atoms with E-state index in [1.807, 2.05) is 54.6 Å². The summed E-state index contributed by atoms with van der Waals surface area (Å²) < 4.78 is 0. The van der Waals surface area contributed by atoms with E-state index in [2.05, 4.69) is 13.8 Å². The summed E-state index contributed by atoms with van der Waals surface area (Å²) >= 11 is 0. The largest absolute Gasteiger partial charge is 0.481 e.